The topological polar surface area (TPSA) is 79.4 Å². The van der Waals surface area contributed by atoms with Gasteiger partial charge in [-0.15, -0.1) is 0 Å². The minimum absolute atomic E-state index is 0.00217. The minimum atomic E-state index is -3.06. The monoisotopic (exact) mass is 463 g/mol. The average Bonchev–Trinajstić information content (AvgIpc) is 2.77. The lowest BCUT2D eigenvalue weighted by atomic mass is 9.66. The van der Waals surface area contributed by atoms with Crippen LogP contribution in [-0.2, 0) is 9.84 Å². The first-order valence-electron chi connectivity index (χ1n) is 10.6. The van der Waals surface area contributed by atoms with Crippen molar-refractivity contribution in [3.05, 3.63) is 51.9 Å². The maximum atomic E-state index is 13.9. The van der Waals surface area contributed by atoms with Gasteiger partial charge in [-0.1, -0.05) is 11.6 Å². The highest BCUT2D eigenvalue weighted by atomic mass is 35.5. The van der Waals surface area contributed by atoms with Gasteiger partial charge < -0.3 is 10.2 Å². The summed E-state index contributed by atoms with van der Waals surface area (Å²) >= 11 is 5.80. The van der Waals surface area contributed by atoms with Crippen LogP contribution in [0.1, 0.15) is 59.0 Å². The number of aromatic nitrogens is 1. The van der Waals surface area contributed by atoms with Crippen molar-refractivity contribution in [3.63, 3.8) is 0 Å². The summed E-state index contributed by atoms with van der Waals surface area (Å²) < 4.78 is 37.4. The Labute approximate surface area is 185 Å². The number of amides is 1. The van der Waals surface area contributed by atoms with E-state index in [1.54, 1.807) is 17.2 Å². The van der Waals surface area contributed by atoms with Gasteiger partial charge in [-0.2, -0.15) is 0 Å². The maximum absolute atomic E-state index is 13.9. The van der Waals surface area contributed by atoms with Crippen molar-refractivity contribution >= 4 is 38.9 Å². The van der Waals surface area contributed by atoms with Gasteiger partial charge in [-0.3, -0.25) is 4.79 Å². The molecule has 2 bridgehead atoms. The van der Waals surface area contributed by atoms with Gasteiger partial charge >= 0.3 is 0 Å². The third kappa shape index (κ3) is 3.80. The number of hydrogen-bond acceptors (Lipinski definition) is 5. The Morgan fingerprint density at radius 2 is 1.74 bits per heavy atom. The van der Waals surface area contributed by atoms with E-state index >= 15 is 0 Å². The second-order valence-corrected chi connectivity index (χ2v) is 11.3. The van der Waals surface area contributed by atoms with Crippen LogP contribution in [0.25, 0.3) is 0 Å². The minimum Gasteiger partial charge on any atom is -0.340 e. The zero-order valence-electron chi connectivity index (χ0n) is 16.9. The Balaban J connectivity index is 1.52. The molecule has 1 saturated carbocycles. The lowest BCUT2D eigenvalue weighted by Crippen LogP contribution is -2.44. The normalized spacial score (nSPS) is 24.0. The number of fused-ring (bicyclic) bond motifs is 2. The Morgan fingerprint density at radius 1 is 1.10 bits per heavy atom. The molecular formula is C22H23ClFN3O3S. The zero-order chi connectivity index (χ0) is 21.8. The first-order chi connectivity index (χ1) is 14.8. The summed E-state index contributed by atoms with van der Waals surface area (Å²) in [7, 11) is -3.06. The molecule has 1 N–H and O–H groups in total. The van der Waals surface area contributed by atoms with Crippen LogP contribution in [0.3, 0.4) is 0 Å². The molecule has 2 aromatic rings. The molecule has 6 rings (SSSR count). The smallest absolute Gasteiger partial charge is 0.255 e. The summed E-state index contributed by atoms with van der Waals surface area (Å²) in [6, 6.07) is 4.54. The fourth-order valence-corrected chi connectivity index (χ4v) is 6.45. The van der Waals surface area contributed by atoms with Crippen molar-refractivity contribution in [3.8, 4) is 0 Å². The van der Waals surface area contributed by atoms with Crippen molar-refractivity contribution in [2.24, 2.45) is 0 Å². The summed E-state index contributed by atoms with van der Waals surface area (Å²) in [6.07, 6.45) is 5.75. The highest BCUT2D eigenvalue weighted by Crippen LogP contribution is 2.52. The summed E-state index contributed by atoms with van der Waals surface area (Å²) in [5.41, 5.74) is 3.22. The fourth-order valence-electron chi connectivity index (χ4n) is 5.13. The number of hydrogen-bond donors (Lipinski definition) is 1. The Morgan fingerprint density at radius 3 is 2.39 bits per heavy atom. The van der Waals surface area contributed by atoms with Crippen molar-refractivity contribution < 1.29 is 17.6 Å². The average molecular weight is 464 g/mol. The number of nitrogens with one attached hydrogen (secondary N) is 1. The van der Waals surface area contributed by atoms with Crippen molar-refractivity contribution in [1.82, 2.24) is 9.88 Å². The molecule has 1 aliphatic heterocycles. The molecule has 2 fully saturated rings. The van der Waals surface area contributed by atoms with Gasteiger partial charge in [-0.05, 0) is 61.3 Å². The fraction of sp³-hybridized carbons (Fsp3) is 0.455. The largest absolute Gasteiger partial charge is 0.340 e. The van der Waals surface area contributed by atoms with E-state index in [4.69, 9.17) is 11.6 Å². The van der Waals surface area contributed by atoms with Gasteiger partial charge in [0.25, 0.3) is 5.91 Å². The van der Waals surface area contributed by atoms with E-state index in [9.17, 15) is 17.6 Å². The van der Waals surface area contributed by atoms with E-state index in [0.717, 1.165) is 36.8 Å². The lowest BCUT2D eigenvalue weighted by Gasteiger charge is -2.40. The molecule has 31 heavy (non-hydrogen) atoms. The Bertz CT molecular complexity index is 1150. The number of nitrogens with zero attached hydrogens (tertiary/aromatic N) is 2. The molecule has 164 valence electrons. The molecular weight excluding hydrogens is 441 g/mol. The predicted molar refractivity (Wildman–Crippen MR) is 117 cm³/mol. The molecule has 0 radical (unpaired) electrons. The highest BCUT2D eigenvalue weighted by molar-refractivity contribution is 7.91. The highest BCUT2D eigenvalue weighted by Gasteiger charge is 2.39. The van der Waals surface area contributed by atoms with E-state index in [1.807, 2.05) is 0 Å². The summed E-state index contributed by atoms with van der Waals surface area (Å²) in [6.45, 7) is 0.433. The Kier molecular flexibility index (Phi) is 5.17. The van der Waals surface area contributed by atoms with Gasteiger partial charge in [0.05, 0.1) is 22.1 Å². The van der Waals surface area contributed by atoms with E-state index in [-0.39, 0.29) is 41.4 Å². The zero-order valence-corrected chi connectivity index (χ0v) is 18.5. The van der Waals surface area contributed by atoms with Gasteiger partial charge in [0.15, 0.2) is 9.84 Å². The number of carbonyl (C=O) groups excluding carboxylic acids is 1. The van der Waals surface area contributed by atoms with Crippen LogP contribution in [0.15, 0.2) is 24.4 Å². The molecule has 1 aromatic carbocycles. The van der Waals surface area contributed by atoms with Crippen molar-refractivity contribution in [2.75, 3.05) is 29.9 Å². The van der Waals surface area contributed by atoms with Crippen LogP contribution in [0.4, 0.5) is 15.9 Å². The van der Waals surface area contributed by atoms with E-state index in [1.165, 1.54) is 12.1 Å². The summed E-state index contributed by atoms with van der Waals surface area (Å²) in [4.78, 5) is 19.5. The number of halogens is 2. The van der Waals surface area contributed by atoms with Gasteiger partial charge in [0.1, 0.15) is 11.6 Å². The first-order valence-corrected chi connectivity index (χ1v) is 12.8. The second-order valence-electron chi connectivity index (χ2n) is 8.59. The summed E-state index contributed by atoms with van der Waals surface area (Å²) in [5, 5.41) is 3.29. The molecule has 2 heterocycles. The van der Waals surface area contributed by atoms with E-state index < -0.39 is 15.7 Å². The number of pyridine rings is 1. The first kappa shape index (κ1) is 20.7. The van der Waals surface area contributed by atoms with Gasteiger partial charge in [0.2, 0.25) is 0 Å². The van der Waals surface area contributed by atoms with E-state index in [2.05, 4.69) is 10.3 Å². The third-order valence-electron chi connectivity index (χ3n) is 6.75. The quantitative estimate of drug-likeness (QED) is 0.736. The van der Waals surface area contributed by atoms with Crippen LogP contribution in [-0.4, -0.2) is 48.8 Å². The van der Waals surface area contributed by atoms with Crippen LogP contribution in [0, 0.1) is 5.82 Å². The molecule has 0 unspecified atom stereocenters. The SMILES string of the molecule is O=C(c1cnc(Nc2ccc(Cl)c(F)c2)c2c1C1CCC2CC1)N1CCS(=O)(=O)CC1. The summed E-state index contributed by atoms with van der Waals surface area (Å²) in [5.74, 6) is 0.609. The van der Waals surface area contributed by atoms with Gasteiger partial charge in [0, 0.05) is 30.5 Å². The predicted octanol–water partition coefficient (Wildman–Crippen LogP) is 4.24. The van der Waals surface area contributed by atoms with Gasteiger partial charge in [-0.25, -0.2) is 17.8 Å². The van der Waals surface area contributed by atoms with Crippen molar-refractivity contribution in [2.45, 2.75) is 37.5 Å². The number of anilines is 2. The molecule has 0 atom stereocenters. The Hall–Kier alpha value is -2.19. The lowest BCUT2D eigenvalue weighted by molar-refractivity contribution is 0.0767. The number of benzene rings is 1. The molecule has 6 nitrogen and oxygen atoms in total. The number of carbonyl (C=O) groups is 1. The molecule has 0 spiro atoms. The van der Waals surface area contributed by atoms with Crippen molar-refractivity contribution in [1.29, 1.82) is 0 Å². The van der Waals surface area contributed by atoms with Crippen LogP contribution >= 0.6 is 11.6 Å². The molecule has 4 aliphatic rings. The van der Waals surface area contributed by atoms with Crippen LogP contribution in [0.5, 0.6) is 0 Å². The standard InChI is InChI=1S/C22H23ClFN3O3S/c23-17-6-5-15(11-18(17)24)26-21-20-14-3-1-13(2-4-14)19(20)16(12-25-21)22(28)27-7-9-31(29,30)10-8-27/h5-6,11-14H,1-4,7-10H2,(H,25,26). The molecule has 1 saturated heterocycles. The molecule has 9 heteroatoms. The van der Waals surface area contributed by atoms with Crippen LogP contribution < -0.4 is 5.32 Å². The third-order valence-corrected chi connectivity index (χ3v) is 8.66. The van der Waals surface area contributed by atoms with E-state index in [0.29, 0.717) is 23.0 Å². The van der Waals surface area contributed by atoms with Crippen LogP contribution in [0.2, 0.25) is 5.02 Å². The molecule has 1 aromatic heterocycles. The second kappa shape index (κ2) is 7.74. The number of rotatable bonds is 3. The maximum Gasteiger partial charge on any atom is 0.255 e. The number of sulfone groups is 1. The molecule has 1 amide bonds. The molecule has 3 aliphatic carbocycles.